The number of aromatic hydroxyl groups is 2. The quantitative estimate of drug-likeness (QED) is 0.392. The van der Waals surface area contributed by atoms with Gasteiger partial charge in [-0.15, -0.1) is 0 Å². The molecule has 2 aromatic heterocycles. The third-order valence-electron chi connectivity index (χ3n) is 3.70. The summed E-state index contributed by atoms with van der Waals surface area (Å²) in [5, 5.41) is 38.7. The molecular weight excluding hydrogens is 380 g/mol. The molecule has 0 saturated carbocycles. The average Bonchev–Trinajstić information content (AvgIpc) is 2.61. The zero-order valence-corrected chi connectivity index (χ0v) is 16.3. The van der Waals surface area contributed by atoms with E-state index in [9.17, 15) is 20.4 Å². The lowest BCUT2D eigenvalue weighted by Crippen LogP contribution is -1.97. The van der Waals surface area contributed by atoms with Gasteiger partial charge in [0.25, 0.3) is 0 Å². The van der Waals surface area contributed by atoms with Gasteiger partial charge >= 0.3 is 0 Å². The van der Waals surface area contributed by atoms with Gasteiger partial charge in [0.1, 0.15) is 11.5 Å². The first kappa shape index (κ1) is 20.2. The zero-order valence-electron chi connectivity index (χ0n) is 13.9. The van der Waals surface area contributed by atoms with Crippen LogP contribution in [0.4, 0.5) is 0 Å². The van der Waals surface area contributed by atoms with Crippen LogP contribution in [0.25, 0.3) is 0 Å². The van der Waals surface area contributed by atoms with Crippen molar-refractivity contribution in [3.8, 4) is 11.5 Å². The molecule has 0 saturated heterocycles. The second-order valence-electron chi connectivity index (χ2n) is 5.30. The maximum absolute atomic E-state index is 9.94. The Morgan fingerprint density at radius 1 is 0.800 bits per heavy atom. The van der Waals surface area contributed by atoms with Crippen molar-refractivity contribution < 1.29 is 20.4 Å². The van der Waals surface area contributed by atoms with E-state index in [4.69, 9.17) is 0 Å². The predicted molar refractivity (Wildman–Crippen MR) is 103 cm³/mol. The van der Waals surface area contributed by atoms with Crippen molar-refractivity contribution in [2.45, 2.75) is 38.6 Å². The molecule has 0 aliphatic rings. The highest BCUT2D eigenvalue weighted by Crippen LogP contribution is 2.41. The molecule has 0 bridgehead atoms. The Balaban J connectivity index is 1.89. The van der Waals surface area contributed by atoms with Gasteiger partial charge in [-0.3, -0.25) is 9.97 Å². The monoisotopic (exact) mass is 400 g/mol. The normalized spacial score (nSPS) is 11.0. The molecule has 2 aromatic rings. The largest absolute Gasteiger partial charge is 0.506 e. The fourth-order valence-electron chi connectivity index (χ4n) is 2.18. The van der Waals surface area contributed by atoms with Gasteiger partial charge in [0.2, 0.25) is 0 Å². The molecule has 0 amide bonds. The van der Waals surface area contributed by atoms with Crippen molar-refractivity contribution in [3.63, 3.8) is 0 Å². The van der Waals surface area contributed by atoms with Gasteiger partial charge < -0.3 is 20.4 Å². The van der Waals surface area contributed by atoms with Crippen LogP contribution in [-0.2, 0) is 24.7 Å². The van der Waals surface area contributed by atoms with Crippen molar-refractivity contribution in [1.82, 2.24) is 9.97 Å². The second-order valence-corrected chi connectivity index (χ2v) is 9.53. The molecule has 2 heterocycles. The van der Waals surface area contributed by atoms with E-state index in [0.717, 1.165) is 11.1 Å². The van der Waals surface area contributed by atoms with E-state index in [-0.39, 0.29) is 24.7 Å². The molecule has 0 aliphatic carbocycles. The topological polar surface area (TPSA) is 107 Å². The van der Waals surface area contributed by atoms with Crippen molar-refractivity contribution >= 4 is 31.4 Å². The average molecular weight is 401 g/mol. The third kappa shape index (κ3) is 4.95. The minimum Gasteiger partial charge on any atom is -0.506 e. The van der Waals surface area contributed by atoms with E-state index >= 15 is 0 Å². The highest BCUT2D eigenvalue weighted by molar-refractivity contribution is 9.09. The summed E-state index contributed by atoms with van der Waals surface area (Å²) in [6, 6.07) is 0. The minimum atomic E-state index is -0.225. The Morgan fingerprint density at radius 2 is 1.20 bits per heavy atom. The SMILES string of the molecule is Cc1ncc(CSSSCc2cnc(C)c(O)c2CO)c(CO)c1O. The van der Waals surface area contributed by atoms with Crippen LogP contribution in [0.2, 0.25) is 0 Å². The van der Waals surface area contributed by atoms with Crippen LogP contribution < -0.4 is 0 Å². The van der Waals surface area contributed by atoms with E-state index in [1.807, 2.05) is 0 Å². The molecule has 0 radical (unpaired) electrons. The third-order valence-corrected chi connectivity index (χ3v) is 7.77. The summed E-state index contributed by atoms with van der Waals surface area (Å²) in [4.78, 5) is 8.24. The predicted octanol–water partition coefficient (Wildman–Crippen LogP) is 3.22. The van der Waals surface area contributed by atoms with E-state index < -0.39 is 0 Å². The molecule has 0 atom stereocenters. The summed E-state index contributed by atoms with van der Waals surface area (Å²) in [5.74, 6) is 1.29. The molecule has 0 aromatic carbocycles. The van der Waals surface area contributed by atoms with Gasteiger partial charge in [-0.2, -0.15) is 0 Å². The van der Waals surface area contributed by atoms with Gasteiger partial charge in [0, 0.05) is 35.0 Å². The molecular formula is C16H20N2O4S3. The fraction of sp³-hybridized carbons (Fsp3) is 0.375. The van der Waals surface area contributed by atoms with Gasteiger partial charge in [0.15, 0.2) is 0 Å². The van der Waals surface area contributed by atoms with Crippen LogP contribution in [0.3, 0.4) is 0 Å². The maximum Gasteiger partial charge on any atom is 0.142 e. The minimum absolute atomic E-state index is 0.0482. The lowest BCUT2D eigenvalue weighted by Gasteiger charge is -2.11. The smallest absolute Gasteiger partial charge is 0.142 e. The Labute approximate surface area is 157 Å². The van der Waals surface area contributed by atoms with E-state index in [1.54, 1.807) is 57.7 Å². The van der Waals surface area contributed by atoms with Gasteiger partial charge in [-0.05, 0) is 34.8 Å². The first-order valence-corrected chi connectivity index (χ1v) is 11.3. The standard InChI is InChI=1S/C16H20N2O4S3/c1-9-15(21)13(5-19)11(3-17-9)7-23-25-24-8-12-4-18-10(2)16(22)14(12)6-20/h3-4,19-22H,5-8H2,1-2H3. The summed E-state index contributed by atoms with van der Waals surface area (Å²) < 4.78 is 0. The molecule has 0 aliphatic heterocycles. The Hall–Kier alpha value is -1.13. The maximum atomic E-state index is 9.94. The van der Waals surface area contributed by atoms with Crippen molar-refractivity contribution in [2.24, 2.45) is 0 Å². The van der Waals surface area contributed by atoms with Crippen molar-refractivity contribution in [3.05, 3.63) is 46.0 Å². The van der Waals surface area contributed by atoms with Gasteiger partial charge in [-0.25, -0.2) is 0 Å². The number of aromatic nitrogens is 2. The van der Waals surface area contributed by atoms with Gasteiger partial charge in [-0.1, -0.05) is 21.6 Å². The molecule has 6 nitrogen and oxygen atoms in total. The number of nitrogens with zero attached hydrogens (tertiary/aromatic N) is 2. The Kier molecular flexibility index (Phi) is 7.70. The lowest BCUT2D eigenvalue weighted by molar-refractivity contribution is 0.273. The molecule has 2 rings (SSSR count). The number of pyridine rings is 2. The zero-order chi connectivity index (χ0) is 18.4. The van der Waals surface area contributed by atoms with E-state index in [2.05, 4.69) is 9.97 Å². The van der Waals surface area contributed by atoms with E-state index in [1.165, 1.54) is 0 Å². The summed E-state index contributed by atoms with van der Waals surface area (Å²) >= 11 is 0. The molecule has 0 fully saturated rings. The lowest BCUT2D eigenvalue weighted by atomic mass is 10.1. The summed E-state index contributed by atoms with van der Waals surface area (Å²) in [6.07, 6.45) is 3.34. The molecule has 4 N–H and O–H groups in total. The molecule has 0 unspecified atom stereocenters. The summed E-state index contributed by atoms with van der Waals surface area (Å²) in [7, 11) is 4.68. The first-order valence-electron chi connectivity index (χ1n) is 7.45. The fourth-order valence-corrected chi connectivity index (χ4v) is 5.83. The molecule has 9 heteroatoms. The number of aliphatic hydroxyl groups excluding tert-OH is 2. The van der Waals surface area contributed by atoms with Crippen LogP contribution in [0, 0.1) is 13.8 Å². The number of rotatable bonds is 8. The van der Waals surface area contributed by atoms with Crippen LogP contribution in [0.5, 0.6) is 11.5 Å². The number of hydrogen-bond donors (Lipinski definition) is 4. The molecule has 136 valence electrons. The highest BCUT2D eigenvalue weighted by Gasteiger charge is 2.13. The highest BCUT2D eigenvalue weighted by atomic mass is 33.5. The van der Waals surface area contributed by atoms with Crippen LogP contribution in [-0.4, -0.2) is 30.4 Å². The summed E-state index contributed by atoms with van der Waals surface area (Å²) in [5.41, 5.74) is 3.64. The molecule has 25 heavy (non-hydrogen) atoms. The van der Waals surface area contributed by atoms with Crippen molar-refractivity contribution in [1.29, 1.82) is 0 Å². The Bertz CT molecular complexity index is 682. The number of aryl methyl sites for hydroxylation is 2. The van der Waals surface area contributed by atoms with Crippen LogP contribution in [0.1, 0.15) is 33.6 Å². The summed E-state index contributed by atoms with van der Waals surface area (Å²) in [6.45, 7) is 2.94. The van der Waals surface area contributed by atoms with Crippen LogP contribution >= 0.6 is 31.4 Å². The molecule has 0 spiro atoms. The van der Waals surface area contributed by atoms with Crippen LogP contribution in [0.15, 0.2) is 12.4 Å². The Morgan fingerprint density at radius 3 is 1.56 bits per heavy atom. The number of hydrogen-bond acceptors (Lipinski definition) is 9. The van der Waals surface area contributed by atoms with E-state index in [0.29, 0.717) is 34.0 Å². The first-order chi connectivity index (χ1) is 12.0. The van der Waals surface area contributed by atoms with Crippen molar-refractivity contribution in [2.75, 3.05) is 0 Å². The van der Waals surface area contributed by atoms with Gasteiger partial charge in [0.05, 0.1) is 24.6 Å². The number of aliphatic hydroxyl groups is 2. The second kappa shape index (κ2) is 9.54.